The van der Waals surface area contributed by atoms with E-state index in [1.807, 2.05) is 31.6 Å². The average molecular weight is 271 g/mol. The van der Waals surface area contributed by atoms with Gasteiger partial charge >= 0.3 is 0 Å². The monoisotopic (exact) mass is 271 g/mol. The summed E-state index contributed by atoms with van der Waals surface area (Å²) in [6.45, 7) is 5.77. The first-order valence-electron chi connectivity index (χ1n) is 6.79. The molecule has 0 radical (unpaired) electrons. The van der Waals surface area contributed by atoms with E-state index in [-0.39, 0.29) is 0 Å². The fourth-order valence-electron chi connectivity index (χ4n) is 1.79. The molecule has 0 aliphatic rings. The SMILES string of the molecule is CC(C)NCc1cnc(N(C)Cc2ccncc2)cn1. The van der Waals surface area contributed by atoms with E-state index in [9.17, 15) is 0 Å². The molecule has 0 aromatic carbocycles. The molecule has 0 unspecified atom stereocenters. The van der Waals surface area contributed by atoms with Crippen LogP contribution in [-0.2, 0) is 13.1 Å². The van der Waals surface area contributed by atoms with Gasteiger partial charge < -0.3 is 10.2 Å². The van der Waals surface area contributed by atoms with Crippen LogP contribution in [0.5, 0.6) is 0 Å². The number of aromatic nitrogens is 3. The molecule has 1 N–H and O–H groups in total. The van der Waals surface area contributed by atoms with Gasteiger partial charge in [-0.15, -0.1) is 0 Å². The Morgan fingerprint density at radius 1 is 1.15 bits per heavy atom. The third-order valence-corrected chi connectivity index (χ3v) is 2.94. The Labute approximate surface area is 120 Å². The van der Waals surface area contributed by atoms with Gasteiger partial charge in [0.2, 0.25) is 0 Å². The zero-order chi connectivity index (χ0) is 14.4. The highest BCUT2D eigenvalue weighted by molar-refractivity contribution is 5.35. The maximum absolute atomic E-state index is 4.46. The second-order valence-corrected chi connectivity index (χ2v) is 5.11. The number of hydrogen-bond donors (Lipinski definition) is 1. The predicted molar refractivity (Wildman–Crippen MR) is 80.4 cm³/mol. The maximum atomic E-state index is 4.46. The van der Waals surface area contributed by atoms with Crippen LogP contribution in [0.1, 0.15) is 25.1 Å². The molecule has 0 aliphatic heterocycles. The summed E-state index contributed by atoms with van der Waals surface area (Å²) in [4.78, 5) is 15.0. The van der Waals surface area contributed by atoms with Gasteiger partial charge in [-0.1, -0.05) is 13.8 Å². The molecule has 106 valence electrons. The van der Waals surface area contributed by atoms with Crippen molar-refractivity contribution in [3.63, 3.8) is 0 Å². The van der Waals surface area contributed by atoms with Crippen molar-refractivity contribution in [1.29, 1.82) is 0 Å². The normalized spacial score (nSPS) is 10.8. The summed E-state index contributed by atoms with van der Waals surface area (Å²) >= 11 is 0. The van der Waals surface area contributed by atoms with E-state index < -0.39 is 0 Å². The summed E-state index contributed by atoms with van der Waals surface area (Å²) in [7, 11) is 2.01. The Kier molecular flexibility index (Phi) is 5.01. The molecule has 2 aromatic heterocycles. The highest BCUT2D eigenvalue weighted by atomic mass is 15.2. The third kappa shape index (κ3) is 4.28. The Bertz CT molecular complexity index is 510. The van der Waals surface area contributed by atoms with Gasteiger partial charge in [-0.3, -0.25) is 9.97 Å². The van der Waals surface area contributed by atoms with Crippen LogP contribution in [0.25, 0.3) is 0 Å². The summed E-state index contributed by atoms with van der Waals surface area (Å²) in [5.74, 6) is 0.870. The first-order valence-corrected chi connectivity index (χ1v) is 6.79. The van der Waals surface area contributed by atoms with Gasteiger partial charge in [0.05, 0.1) is 18.1 Å². The number of nitrogens with zero attached hydrogens (tertiary/aromatic N) is 4. The molecule has 2 heterocycles. The van der Waals surface area contributed by atoms with E-state index in [2.05, 4.69) is 39.0 Å². The molecule has 0 bridgehead atoms. The molecule has 0 saturated heterocycles. The molecule has 0 spiro atoms. The van der Waals surface area contributed by atoms with Crippen molar-refractivity contribution in [2.75, 3.05) is 11.9 Å². The van der Waals surface area contributed by atoms with Crippen LogP contribution in [0.3, 0.4) is 0 Å². The summed E-state index contributed by atoms with van der Waals surface area (Å²) in [5, 5.41) is 3.33. The lowest BCUT2D eigenvalue weighted by Gasteiger charge is -2.18. The van der Waals surface area contributed by atoms with E-state index in [0.717, 1.165) is 24.6 Å². The van der Waals surface area contributed by atoms with Crippen LogP contribution < -0.4 is 10.2 Å². The highest BCUT2D eigenvalue weighted by Gasteiger charge is 2.05. The van der Waals surface area contributed by atoms with Gasteiger partial charge in [0.15, 0.2) is 0 Å². The van der Waals surface area contributed by atoms with Crippen molar-refractivity contribution in [3.05, 3.63) is 48.2 Å². The molecule has 0 fully saturated rings. The largest absolute Gasteiger partial charge is 0.354 e. The van der Waals surface area contributed by atoms with Crippen molar-refractivity contribution in [1.82, 2.24) is 20.3 Å². The van der Waals surface area contributed by atoms with Crippen LogP contribution >= 0.6 is 0 Å². The molecule has 20 heavy (non-hydrogen) atoms. The van der Waals surface area contributed by atoms with Crippen molar-refractivity contribution < 1.29 is 0 Å². The Morgan fingerprint density at radius 3 is 2.50 bits per heavy atom. The van der Waals surface area contributed by atoms with Gasteiger partial charge in [-0.25, -0.2) is 4.98 Å². The lowest BCUT2D eigenvalue weighted by Crippen LogP contribution is -2.23. The van der Waals surface area contributed by atoms with Crippen LogP contribution in [0.4, 0.5) is 5.82 Å². The molecule has 0 amide bonds. The summed E-state index contributed by atoms with van der Waals surface area (Å²) in [6.07, 6.45) is 7.25. The second kappa shape index (κ2) is 6.96. The van der Waals surface area contributed by atoms with Crippen LogP contribution in [0, 0.1) is 0 Å². The fraction of sp³-hybridized carbons (Fsp3) is 0.400. The van der Waals surface area contributed by atoms with Crippen molar-refractivity contribution in [2.24, 2.45) is 0 Å². The maximum Gasteiger partial charge on any atom is 0.147 e. The number of pyridine rings is 1. The fourth-order valence-corrected chi connectivity index (χ4v) is 1.79. The second-order valence-electron chi connectivity index (χ2n) is 5.11. The van der Waals surface area contributed by atoms with E-state index in [4.69, 9.17) is 0 Å². The van der Waals surface area contributed by atoms with E-state index in [1.165, 1.54) is 5.56 Å². The van der Waals surface area contributed by atoms with Crippen molar-refractivity contribution in [3.8, 4) is 0 Å². The van der Waals surface area contributed by atoms with Gasteiger partial charge in [0, 0.05) is 38.6 Å². The lowest BCUT2D eigenvalue weighted by atomic mass is 10.2. The molecule has 5 nitrogen and oxygen atoms in total. The first-order chi connectivity index (χ1) is 9.65. The zero-order valence-electron chi connectivity index (χ0n) is 12.2. The minimum atomic E-state index is 0.450. The van der Waals surface area contributed by atoms with Crippen molar-refractivity contribution >= 4 is 5.82 Å². The topological polar surface area (TPSA) is 53.9 Å². The van der Waals surface area contributed by atoms with E-state index in [1.54, 1.807) is 12.4 Å². The molecular weight excluding hydrogens is 250 g/mol. The number of rotatable bonds is 6. The molecule has 0 atom stereocenters. The number of nitrogens with one attached hydrogen (secondary N) is 1. The standard InChI is InChI=1S/C15H21N5/c1-12(2)17-8-14-9-19-15(10-18-14)20(3)11-13-4-6-16-7-5-13/h4-7,9-10,12,17H,8,11H2,1-3H3. The van der Waals surface area contributed by atoms with Crippen molar-refractivity contribution in [2.45, 2.75) is 33.0 Å². The highest BCUT2D eigenvalue weighted by Crippen LogP contribution is 2.11. The quantitative estimate of drug-likeness (QED) is 0.871. The van der Waals surface area contributed by atoms with Crippen LogP contribution in [0.2, 0.25) is 0 Å². The Balaban J connectivity index is 1.95. The van der Waals surface area contributed by atoms with Crippen LogP contribution in [0.15, 0.2) is 36.9 Å². The molecule has 5 heteroatoms. The average Bonchev–Trinajstić information content (AvgIpc) is 2.46. The predicted octanol–water partition coefficient (Wildman–Crippen LogP) is 2.01. The van der Waals surface area contributed by atoms with E-state index in [0.29, 0.717) is 6.04 Å². The first kappa shape index (κ1) is 14.4. The van der Waals surface area contributed by atoms with Gasteiger partial charge in [0.1, 0.15) is 5.82 Å². The third-order valence-electron chi connectivity index (χ3n) is 2.94. The molecule has 2 aromatic rings. The Hall–Kier alpha value is -2.01. The zero-order valence-corrected chi connectivity index (χ0v) is 12.2. The number of hydrogen-bond acceptors (Lipinski definition) is 5. The lowest BCUT2D eigenvalue weighted by molar-refractivity contribution is 0.580. The molecular formula is C15H21N5. The summed E-state index contributed by atoms with van der Waals surface area (Å²) in [6, 6.07) is 4.46. The minimum absolute atomic E-state index is 0.450. The number of anilines is 1. The smallest absolute Gasteiger partial charge is 0.147 e. The van der Waals surface area contributed by atoms with Crippen LogP contribution in [-0.4, -0.2) is 28.0 Å². The molecule has 0 aliphatic carbocycles. The van der Waals surface area contributed by atoms with Gasteiger partial charge in [0.25, 0.3) is 0 Å². The molecule has 0 saturated carbocycles. The van der Waals surface area contributed by atoms with E-state index >= 15 is 0 Å². The summed E-state index contributed by atoms with van der Waals surface area (Å²) < 4.78 is 0. The minimum Gasteiger partial charge on any atom is -0.354 e. The molecule has 2 rings (SSSR count). The van der Waals surface area contributed by atoms with Gasteiger partial charge in [-0.05, 0) is 17.7 Å². The summed E-state index contributed by atoms with van der Waals surface area (Å²) in [5.41, 5.74) is 2.16. The van der Waals surface area contributed by atoms with Gasteiger partial charge in [-0.2, -0.15) is 0 Å². The Morgan fingerprint density at radius 2 is 1.90 bits per heavy atom.